The van der Waals surface area contributed by atoms with Crippen LogP contribution >= 0.6 is 23.8 Å². The Labute approximate surface area is 91.1 Å². The van der Waals surface area contributed by atoms with E-state index in [1.54, 1.807) is 5.38 Å². The summed E-state index contributed by atoms with van der Waals surface area (Å²) in [6.45, 7) is 2.69. The van der Waals surface area contributed by atoms with E-state index >= 15 is 0 Å². The van der Waals surface area contributed by atoms with Gasteiger partial charge in [0.15, 0.2) is 5.69 Å². The van der Waals surface area contributed by atoms with Crippen molar-refractivity contribution >= 4 is 34.6 Å². The lowest BCUT2D eigenvalue weighted by Gasteiger charge is -2.18. The van der Waals surface area contributed by atoms with E-state index in [4.69, 9.17) is 18.0 Å². The Kier molecular flexibility index (Phi) is 3.90. The summed E-state index contributed by atoms with van der Waals surface area (Å²) in [4.78, 5) is 13.5. The Morgan fingerprint density at radius 2 is 2.50 bits per heavy atom. The molecule has 1 aromatic rings. The van der Waals surface area contributed by atoms with Gasteiger partial charge in [-0.1, -0.05) is 16.7 Å². The molecule has 0 spiro atoms. The summed E-state index contributed by atoms with van der Waals surface area (Å²) < 4.78 is 3.62. The number of aromatic nitrogens is 2. The Bertz CT molecular complexity index is 324. The SMILES string of the molecule is CCN(CC(N)=S)C(=O)c1csnn1. The minimum Gasteiger partial charge on any atom is -0.392 e. The quantitative estimate of drug-likeness (QED) is 0.752. The number of likely N-dealkylation sites (N-methyl/N-ethyl adjacent to an activating group) is 1. The second kappa shape index (κ2) is 4.97. The predicted octanol–water partition coefficient (Wildman–Crippen LogP) is 0.286. The topological polar surface area (TPSA) is 72.1 Å². The van der Waals surface area contributed by atoms with Gasteiger partial charge in [0, 0.05) is 11.9 Å². The molecule has 0 radical (unpaired) electrons. The van der Waals surface area contributed by atoms with E-state index in [2.05, 4.69) is 9.59 Å². The van der Waals surface area contributed by atoms with Crippen molar-refractivity contribution in [2.75, 3.05) is 13.1 Å². The van der Waals surface area contributed by atoms with Gasteiger partial charge in [-0.3, -0.25) is 4.79 Å². The monoisotopic (exact) mass is 230 g/mol. The highest BCUT2D eigenvalue weighted by atomic mass is 32.1. The third-order valence-electron chi connectivity index (χ3n) is 1.59. The molecule has 1 heterocycles. The third kappa shape index (κ3) is 2.71. The summed E-state index contributed by atoms with van der Waals surface area (Å²) in [6, 6.07) is 0. The number of nitrogens with zero attached hydrogens (tertiary/aromatic N) is 3. The molecule has 76 valence electrons. The van der Waals surface area contributed by atoms with Crippen LogP contribution in [0.2, 0.25) is 0 Å². The molecular formula is C7H10N4OS2. The van der Waals surface area contributed by atoms with Gasteiger partial charge in [-0.25, -0.2) is 0 Å². The molecule has 0 unspecified atom stereocenters. The fourth-order valence-corrected chi connectivity index (χ4v) is 1.52. The van der Waals surface area contributed by atoms with E-state index in [9.17, 15) is 4.79 Å². The van der Waals surface area contributed by atoms with Crippen LogP contribution in [0, 0.1) is 0 Å². The molecule has 0 aliphatic carbocycles. The predicted molar refractivity (Wildman–Crippen MR) is 58.3 cm³/mol. The molecule has 0 saturated heterocycles. The molecule has 0 bridgehead atoms. The van der Waals surface area contributed by atoms with Crippen LogP contribution in [-0.4, -0.2) is 38.5 Å². The van der Waals surface area contributed by atoms with Gasteiger partial charge < -0.3 is 10.6 Å². The van der Waals surface area contributed by atoms with E-state index in [0.29, 0.717) is 17.2 Å². The minimum atomic E-state index is -0.186. The Hall–Kier alpha value is -1.08. The average Bonchev–Trinajstić information content (AvgIpc) is 2.65. The second-order valence-corrected chi connectivity index (χ2v) is 3.71. The minimum absolute atomic E-state index is 0.186. The number of carbonyl (C=O) groups excluding carboxylic acids is 1. The van der Waals surface area contributed by atoms with E-state index in [-0.39, 0.29) is 12.5 Å². The van der Waals surface area contributed by atoms with Gasteiger partial charge in [0.05, 0.1) is 11.5 Å². The van der Waals surface area contributed by atoms with Crippen molar-refractivity contribution in [1.29, 1.82) is 0 Å². The first-order valence-electron chi connectivity index (χ1n) is 3.99. The first-order chi connectivity index (χ1) is 6.65. The summed E-state index contributed by atoms with van der Waals surface area (Å²) in [5, 5.41) is 5.29. The number of amides is 1. The summed E-state index contributed by atoms with van der Waals surface area (Å²) >= 11 is 5.88. The highest BCUT2D eigenvalue weighted by Gasteiger charge is 2.16. The zero-order chi connectivity index (χ0) is 10.6. The molecule has 7 heteroatoms. The maximum absolute atomic E-state index is 11.7. The summed E-state index contributed by atoms with van der Waals surface area (Å²) in [5.74, 6) is -0.186. The van der Waals surface area contributed by atoms with Crippen molar-refractivity contribution < 1.29 is 4.79 Å². The summed E-state index contributed by atoms with van der Waals surface area (Å²) in [5.41, 5.74) is 5.71. The lowest BCUT2D eigenvalue weighted by molar-refractivity contribution is 0.0782. The van der Waals surface area contributed by atoms with Gasteiger partial charge in [0.2, 0.25) is 0 Å². The lowest BCUT2D eigenvalue weighted by atomic mass is 10.4. The van der Waals surface area contributed by atoms with Crippen LogP contribution in [-0.2, 0) is 0 Å². The molecule has 1 aromatic heterocycles. The van der Waals surface area contributed by atoms with E-state index in [1.807, 2.05) is 6.92 Å². The van der Waals surface area contributed by atoms with Crippen LogP contribution in [0.15, 0.2) is 5.38 Å². The molecule has 5 nitrogen and oxygen atoms in total. The molecule has 0 aliphatic rings. The normalized spacial score (nSPS) is 9.79. The number of rotatable bonds is 4. The summed E-state index contributed by atoms with van der Waals surface area (Å²) in [7, 11) is 0. The van der Waals surface area contributed by atoms with Crippen molar-refractivity contribution in [3.05, 3.63) is 11.1 Å². The van der Waals surface area contributed by atoms with Crippen molar-refractivity contribution in [3.63, 3.8) is 0 Å². The van der Waals surface area contributed by atoms with Crippen molar-refractivity contribution in [1.82, 2.24) is 14.5 Å². The highest BCUT2D eigenvalue weighted by molar-refractivity contribution is 7.80. The zero-order valence-corrected chi connectivity index (χ0v) is 9.27. The zero-order valence-electron chi connectivity index (χ0n) is 7.64. The van der Waals surface area contributed by atoms with Crippen molar-refractivity contribution in [3.8, 4) is 0 Å². The van der Waals surface area contributed by atoms with Crippen LogP contribution < -0.4 is 5.73 Å². The highest BCUT2D eigenvalue weighted by Crippen LogP contribution is 2.02. The average molecular weight is 230 g/mol. The molecule has 0 atom stereocenters. The Balaban J connectivity index is 2.70. The second-order valence-electron chi connectivity index (χ2n) is 2.58. The fourth-order valence-electron chi connectivity index (χ4n) is 0.935. The van der Waals surface area contributed by atoms with Crippen LogP contribution in [0.5, 0.6) is 0 Å². The first-order valence-corrected chi connectivity index (χ1v) is 5.24. The molecule has 0 aromatic carbocycles. The molecule has 0 aliphatic heterocycles. The number of carbonyl (C=O) groups is 1. The molecular weight excluding hydrogens is 220 g/mol. The molecule has 14 heavy (non-hydrogen) atoms. The number of thiocarbonyl (C=S) groups is 1. The Morgan fingerprint density at radius 3 is 2.93 bits per heavy atom. The van der Waals surface area contributed by atoms with Crippen LogP contribution in [0.3, 0.4) is 0 Å². The fraction of sp³-hybridized carbons (Fsp3) is 0.429. The van der Waals surface area contributed by atoms with Crippen molar-refractivity contribution in [2.45, 2.75) is 6.92 Å². The van der Waals surface area contributed by atoms with Gasteiger partial charge in [0.1, 0.15) is 0 Å². The van der Waals surface area contributed by atoms with Crippen LogP contribution in [0.1, 0.15) is 17.4 Å². The van der Waals surface area contributed by atoms with E-state index in [0.717, 1.165) is 11.5 Å². The van der Waals surface area contributed by atoms with E-state index in [1.165, 1.54) is 4.90 Å². The molecule has 0 fully saturated rings. The molecule has 0 saturated carbocycles. The van der Waals surface area contributed by atoms with Crippen LogP contribution in [0.25, 0.3) is 0 Å². The molecule has 1 amide bonds. The molecule has 2 N–H and O–H groups in total. The number of nitrogens with two attached hydrogens (primary N) is 1. The largest absolute Gasteiger partial charge is 0.392 e. The lowest BCUT2D eigenvalue weighted by Crippen LogP contribution is -2.37. The summed E-state index contributed by atoms with van der Waals surface area (Å²) in [6.07, 6.45) is 0. The first kappa shape index (κ1) is 11.0. The smallest absolute Gasteiger partial charge is 0.275 e. The van der Waals surface area contributed by atoms with E-state index < -0.39 is 0 Å². The number of hydrogen-bond acceptors (Lipinski definition) is 5. The van der Waals surface area contributed by atoms with Gasteiger partial charge >= 0.3 is 0 Å². The molecule has 1 rings (SSSR count). The van der Waals surface area contributed by atoms with Gasteiger partial charge in [0.25, 0.3) is 5.91 Å². The maximum atomic E-state index is 11.7. The Morgan fingerprint density at radius 1 is 1.79 bits per heavy atom. The maximum Gasteiger partial charge on any atom is 0.275 e. The van der Waals surface area contributed by atoms with Gasteiger partial charge in [-0.2, -0.15) is 0 Å². The van der Waals surface area contributed by atoms with Gasteiger partial charge in [-0.05, 0) is 18.5 Å². The number of hydrogen-bond donors (Lipinski definition) is 1. The van der Waals surface area contributed by atoms with Crippen molar-refractivity contribution in [2.24, 2.45) is 5.73 Å². The van der Waals surface area contributed by atoms with Gasteiger partial charge in [-0.15, -0.1) is 5.10 Å². The van der Waals surface area contributed by atoms with Crippen LogP contribution in [0.4, 0.5) is 0 Å². The third-order valence-corrected chi connectivity index (χ3v) is 2.23. The standard InChI is InChI=1S/C7H10N4OS2/c1-2-11(3-6(8)13)7(12)5-4-14-10-9-5/h4H,2-3H2,1H3,(H2,8,13).